The van der Waals surface area contributed by atoms with Crippen LogP contribution in [0.5, 0.6) is 0 Å². The van der Waals surface area contributed by atoms with Gasteiger partial charge in [0, 0.05) is 37.5 Å². The average molecular weight is 308 g/mol. The van der Waals surface area contributed by atoms with E-state index in [0.717, 1.165) is 12.2 Å². The van der Waals surface area contributed by atoms with Crippen LogP contribution in [0, 0.1) is 0 Å². The molecule has 2 N–H and O–H groups in total. The first kappa shape index (κ1) is 15.4. The summed E-state index contributed by atoms with van der Waals surface area (Å²) in [7, 11) is 4.19. The zero-order chi connectivity index (χ0) is 16.4. The van der Waals surface area contributed by atoms with E-state index in [1.54, 1.807) is 0 Å². The monoisotopic (exact) mass is 308 g/mol. The summed E-state index contributed by atoms with van der Waals surface area (Å²) in [6.45, 7) is 4.90. The molecule has 2 aromatic rings. The van der Waals surface area contributed by atoms with Gasteiger partial charge in [-0.25, -0.2) is 0 Å². The van der Waals surface area contributed by atoms with Gasteiger partial charge in [-0.2, -0.15) is 0 Å². The molecule has 2 aliphatic rings. The molecule has 0 fully saturated rings. The number of hydrogen-bond acceptors (Lipinski definition) is 4. The summed E-state index contributed by atoms with van der Waals surface area (Å²) in [4.78, 5) is 2.30. The lowest BCUT2D eigenvalue weighted by Crippen LogP contribution is -2.34. The molecule has 0 aromatic heterocycles. The SMILES string of the molecule is CC.CN1NNC2=C1c1ccccc1CN(C)c1ccccc12. The van der Waals surface area contributed by atoms with Gasteiger partial charge in [-0.3, -0.25) is 5.01 Å². The minimum absolute atomic E-state index is 0.901. The van der Waals surface area contributed by atoms with E-state index >= 15 is 0 Å². The van der Waals surface area contributed by atoms with E-state index < -0.39 is 0 Å². The lowest BCUT2D eigenvalue weighted by Gasteiger charge is -2.27. The van der Waals surface area contributed by atoms with Crippen molar-refractivity contribution >= 4 is 17.1 Å². The molecule has 4 heteroatoms. The average Bonchev–Trinajstić information content (AvgIpc) is 2.97. The minimum Gasteiger partial charge on any atom is -0.370 e. The number of para-hydroxylation sites is 1. The van der Waals surface area contributed by atoms with Crippen LogP contribution < -0.4 is 15.9 Å². The molecule has 2 aliphatic heterocycles. The Morgan fingerprint density at radius 2 is 1.52 bits per heavy atom. The summed E-state index contributed by atoms with van der Waals surface area (Å²) in [5, 5.41) is 2.05. The van der Waals surface area contributed by atoms with E-state index in [1.165, 1.54) is 28.1 Å². The van der Waals surface area contributed by atoms with E-state index in [2.05, 4.69) is 76.4 Å². The van der Waals surface area contributed by atoms with Gasteiger partial charge in [-0.15, -0.1) is 5.53 Å². The molecule has 0 saturated heterocycles. The van der Waals surface area contributed by atoms with E-state index in [9.17, 15) is 0 Å². The largest absolute Gasteiger partial charge is 0.370 e. The quantitative estimate of drug-likeness (QED) is 0.780. The van der Waals surface area contributed by atoms with Gasteiger partial charge >= 0.3 is 0 Å². The standard InChI is InChI=1S/C17H18N4.C2H6/c1-20-11-12-7-3-4-8-13(12)17-16(18-19-21(17)2)14-9-5-6-10-15(14)20;1-2/h3-10,18-19H,11H2,1-2H3;1-2H3. The van der Waals surface area contributed by atoms with Gasteiger partial charge < -0.3 is 10.3 Å². The minimum atomic E-state index is 0.901. The Morgan fingerprint density at radius 3 is 2.30 bits per heavy atom. The molecule has 2 heterocycles. The summed E-state index contributed by atoms with van der Waals surface area (Å²) in [5.74, 6) is 0. The second kappa shape index (κ2) is 6.34. The van der Waals surface area contributed by atoms with E-state index in [0.29, 0.717) is 0 Å². The molecule has 2 aromatic carbocycles. The van der Waals surface area contributed by atoms with Gasteiger partial charge in [0.15, 0.2) is 0 Å². The summed E-state index contributed by atoms with van der Waals surface area (Å²) in [5.41, 5.74) is 13.9. The normalized spacial score (nSPS) is 15.5. The molecule has 0 aliphatic carbocycles. The molecule has 120 valence electrons. The Morgan fingerprint density at radius 1 is 0.870 bits per heavy atom. The fourth-order valence-corrected chi connectivity index (χ4v) is 3.18. The van der Waals surface area contributed by atoms with Crippen LogP contribution in [0.25, 0.3) is 11.4 Å². The zero-order valence-corrected chi connectivity index (χ0v) is 14.2. The molecule has 4 rings (SSSR count). The van der Waals surface area contributed by atoms with Crippen LogP contribution in [-0.2, 0) is 6.54 Å². The number of anilines is 1. The highest BCUT2D eigenvalue weighted by Gasteiger charge is 2.27. The number of benzene rings is 2. The van der Waals surface area contributed by atoms with Crippen molar-refractivity contribution in [2.45, 2.75) is 20.4 Å². The Bertz CT molecular complexity index is 736. The highest BCUT2D eigenvalue weighted by atomic mass is 15.7. The van der Waals surface area contributed by atoms with Crippen molar-refractivity contribution in [3.8, 4) is 0 Å². The molecule has 0 bridgehead atoms. The highest BCUT2D eigenvalue weighted by Crippen LogP contribution is 2.37. The van der Waals surface area contributed by atoms with Crippen LogP contribution >= 0.6 is 0 Å². The highest BCUT2D eigenvalue weighted by molar-refractivity contribution is 5.95. The maximum absolute atomic E-state index is 3.32. The summed E-state index contributed by atoms with van der Waals surface area (Å²) < 4.78 is 0. The van der Waals surface area contributed by atoms with Crippen LogP contribution in [0.4, 0.5) is 5.69 Å². The van der Waals surface area contributed by atoms with Gasteiger partial charge in [0.1, 0.15) is 0 Å². The van der Waals surface area contributed by atoms with Crippen molar-refractivity contribution in [2.24, 2.45) is 0 Å². The Balaban J connectivity index is 0.000000753. The number of hydrazine groups is 2. The van der Waals surface area contributed by atoms with E-state index in [4.69, 9.17) is 0 Å². The second-order valence-electron chi connectivity index (χ2n) is 5.55. The Kier molecular flexibility index (Phi) is 4.26. The van der Waals surface area contributed by atoms with Gasteiger partial charge in [0.05, 0.1) is 11.4 Å². The Labute approximate surface area is 138 Å². The van der Waals surface area contributed by atoms with Crippen molar-refractivity contribution < 1.29 is 0 Å². The lowest BCUT2D eigenvalue weighted by molar-refractivity contribution is 0.345. The number of hydrogen-bond donors (Lipinski definition) is 2. The number of nitrogens with zero attached hydrogens (tertiary/aromatic N) is 2. The summed E-state index contributed by atoms with van der Waals surface area (Å²) in [6, 6.07) is 17.1. The van der Waals surface area contributed by atoms with Crippen LogP contribution in [-0.4, -0.2) is 19.1 Å². The van der Waals surface area contributed by atoms with Gasteiger partial charge in [0.2, 0.25) is 0 Å². The van der Waals surface area contributed by atoms with Crippen molar-refractivity contribution in [3.05, 3.63) is 65.2 Å². The topological polar surface area (TPSA) is 30.5 Å². The molecule has 4 nitrogen and oxygen atoms in total. The third kappa shape index (κ3) is 2.55. The molecule has 23 heavy (non-hydrogen) atoms. The van der Waals surface area contributed by atoms with Crippen LogP contribution in [0.1, 0.15) is 30.5 Å². The molecule has 0 unspecified atom stereocenters. The first-order valence-corrected chi connectivity index (χ1v) is 8.14. The fourth-order valence-electron chi connectivity index (χ4n) is 3.18. The summed E-state index contributed by atoms with van der Waals surface area (Å²) in [6.07, 6.45) is 0. The van der Waals surface area contributed by atoms with Crippen molar-refractivity contribution in [1.82, 2.24) is 16.0 Å². The lowest BCUT2D eigenvalue weighted by atomic mass is 9.96. The maximum Gasteiger partial charge on any atom is 0.0862 e. The van der Waals surface area contributed by atoms with Gasteiger partial charge in [-0.1, -0.05) is 56.3 Å². The molecule has 0 saturated carbocycles. The summed E-state index contributed by atoms with van der Waals surface area (Å²) >= 11 is 0. The van der Waals surface area contributed by atoms with Crippen LogP contribution in [0.3, 0.4) is 0 Å². The van der Waals surface area contributed by atoms with Gasteiger partial charge in [0.25, 0.3) is 0 Å². The van der Waals surface area contributed by atoms with Crippen molar-refractivity contribution in [1.29, 1.82) is 0 Å². The second-order valence-corrected chi connectivity index (χ2v) is 5.55. The third-order valence-corrected chi connectivity index (χ3v) is 4.19. The van der Waals surface area contributed by atoms with E-state index in [1.807, 2.05) is 20.9 Å². The molecule has 0 spiro atoms. The van der Waals surface area contributed by atoms with Crippen LogP contribution in [0.2, 0.25) is 0 Å². The zero-order valence-electron chi connectivity index (χ0n) is 14.2. The first-order chi connectivity index (χ1) is 11.3. The van der Waals surface area contributed by atoms with Gasteiger partial charge in [-0.05, 0) is 11.6 Å². The predicted octanol–water partition coefficient (Wildman–Crippen LogP) is 3.44. The number of fused-ring (bicyclic) bond motifs is 4. The number of rotatable bonds is 0. The molecular formula is C19H24N4. The smallest absolute Gasteiger partial charge is 0.0862 e. The Hall–Kier alpha value is -2.46. The van der Waals surface area contributed by atoms with Crippen LogP contribution in [0.15, 0.2) is 48.5 Å². The predicted molar refractivity (Wildman–Crippen MR) is 97.2 cm³/mol. The molecule has 0 atom stereocenters. The number of nitrogens with one attached hydrogen (secondary N) is 2. The molecule has 0 radical (unpaired) electrons. The van der Waals surface area contributed by atoms with Crippen molar-refractivity contribution in [2.75, 3.05) is 19.0 Å². The molecule has 0 amide bonds. The van der Waals surface area contributed by atoms with Crippen molar-refractivity contribution in [3.63, 3.8) is 0 Å². The van der Waals surface area contributed by atoms with E-state index in [-0.39, 0.29) is 0 Å². The molecular weight excluding hydrogens is 284 g/mol. The maximum atomic E-state index is 3.32. The first-order valence-electron chi connectivity index (χ1n) is 8.14. The fraction of sp³-hybridized carbons (Fsp3) is 0.263. The third-order valence-electron chi connectivity index (χ3n) is 4.19.